The summed E-state index contributed by atoms with van der Waals surface area (Å²) in [4.78, 5) is 33.7. The molecule has 0 unspecified atom stereocenters. The van der Waals surface area contributed by atoms with Crippen LogP contribution in [0.2, 0.25) is 0 Å². The molecule has 7 heteroatoms. The maximum absolute atomic E-state index is 11.6. The van der Waals surface area contributed by atoms with Crippen molar-refractivity contribution in [2.75, 3.05) is 0 Å². The van der Waals surface area contributed by atoms with Gasteiger partial charge in [-0.25, -0.2) is 0 Å². The summed E-state index contributed by atoms with van der Waals surface area (Å²) in [7, 11) is 0. The molecule has 0 saturated carbocycles. The van der Waals surface area contributed by atoms with Gasteiger partial charge in [-0.15, -0.1) is 0 Å². The zero-order valence-electron chi connectivity index (χ0n) is 11.1. The lowest BCUT2D eigenvalue weighted by Crippen LogP contribution is -2.53. The van der Waals surface area contributed by atoms with Crippen molar-refractivity contribution in [2.45, 2.75) is 45.8 Å². The quantitative estimate of drug-likeness (QED) is 0.490. The minimum Gasteiger partial charge on any atom is -0.480 e. The predicted octanol–water partition coefficient (Wildman–Crippen LogP) is -0.936. The average Bonchev–Trinajstić information content (AvgIpc) is 2.26. The van der Waals surface area contributed by atoms with Crippen molar-refractivity contribution in [3.8, 4) is 0 Å². The fraction of sp³-hybridized carbons (Fsp3) is 0.727. The second-order valence-electron chi connectivity index (χ2n) is 4.57. The lowest BCUT2D eigenvalue weighted by molar-refractivity contribution is -0.141. The predicted molar refractivity (Wildman–Crippen MR) is 65.7 cm³/mol. The van der Waals surface area contributed by atoms with Crippen molar-refractivity contribution in [2.24, 2.45) is 11.7 Å². The molecule has 0 fully saturated rings. The van der Waals surface area contributed by atoms with Gasteiger partial charge in [0.15, 0.2) is 0 Å². The van der Waals surface area contributed by atoms with Gasteiger partial charge >= 0.3 is 5.97 Å². The van der Waals surface area contributed by atoms with E-state index >= 15 is 0 Å². The Balaban J connectivity index is 4.32. The molecular weight excluding hydrogens is 238 g/mol. The third-order valence-electron chi connectivity index (χ3n) is 2.50. The van der Waals surface area contributed by atoms with E-state index in [1.807, 2.05) is 0 Å². The van der Waals surface area contributed by atoms with Gasteiger partial charge in [0, 0.05) is 0 Å². The van der Waals surface area contributed by atoms with Crippen molar-refractivity contribution >= 4 is 17.8 Å². The summed E-state index contributed by atoms with van der Waals surface area (Å²) in [6.45, 7) is 6.40. The third kappa shape index (κ3) is 5.13. The minimum absolute atomic E-state index is 0.0433. The SMILES string of the molecule is CC(C)[C@H](N)C(=O)N[C@@H](C)C(=O)N[C@@H](C)C(=O)O. The number of carboxylic acids is 1. The van der Waals surface area contributed by atoms with E-state index in [0.29, 0.717) is 0 Å². The molecule has 18 heavy (non-hydrogen) atoms. The van der Waals surface area contributed by atoms with Gasteiger partial charge in [0.05, 0.1) is 6.04 Å². The highest BCUT2D eigenvalue weighted by Crippen LogP contribution is 1.98. The molecule has 0 aliphatic carbocycles. The molecule has 3 atom stereocenters. The van der Waals surface area contributed by atoms with Crippen LogP contribution < -0.4 is 16.4 Å². The molecule has 0 rings (SSSR count). The molecule has 0 heterocycles. The summed E-state index contributed by atoms with van der Waals surface area (Å²) < 4.78 is 0. The van der Waals surface area contributed by atoms with Crippen LogP contribution in [0.5, 0.6) is 0 Å². The van der Waals surface area contributed by atoms with Crippen LogP contribution in [0.25, 0.3) is 0 Å². The van der Waals surface area contributed by atoms with Crippen molar-refractivity contribution in [3.05, 3.63) is 0 Å². The Morgan fingerprint density at radius 3 is 1.78 bits per heavy atom. The zero-order valence-corrected chi connectivity index (χ0v) is 11.1. The molecule has 0 aromatic rings. The number of rotatable bonds is 6. The minimum atomic E-state index is -1.14. The second kappa shape index (κ2) is 6.95. The van der Waals surface area contributed by atoms with E-state index in [9.17, 15) is 14.4 Å². The third-order valence-corrected chi connectivity index (χ3v) is 2.50. The molecule has 0 aliphatic rings. The molecule has 5 N–H and O–H groups in total. The second-order valence-corrected chi connectivity index (χ2v) is 4.57. The van der Waals surface area contributed by atoms with Crippen molar-refractivity contribution < 1.29 is 19.5 Å². The van der Waals surface area contributed by atoms with Crippen LogP contribution >= 0.6 is 0 Å². The number of nitrogens with one attached hydrogen (secondary N) is 2. The van der Waals surface area contributed by atoms with E-state index in [1.165, 1.54) is 13.8 Å². The van der Waals surface area contributed by atoms with Gasteiger partial charge in [0.2, 0.25) is 11.8 Å². The molecule has 0 radical (unpaired) electrons. The molecule has 0 saturated heterocycles. The van der Waals surface area contributed by atoms with Gasteiger partial charge in [-0.3, -0.25) is 14.4 Å². The standard InChI is InChI=1S/C11H21N3O4/c1-5(2)8(12)10(16)13-6(3)9(15)14-7(4)11(17)18/h5-8H,12H2,1-4H3,(H,13,16)(H,14,15)(H,17,18)/t6-,7-,8-/m0/s1. The van der Waals surface area contributed by atoms with Gasteiger partial charge in [-0.2, -0.15) is 0 Å². The van der Waals surface area contributed by atoms with Crippen LogP contribution in [0, 0.1) is 5.92 Å². The first kappa shape index (κ1) is 16.4. The normalized spacial score (nSPS) is 15.7. The molecule has 104 valence electrons. The number of carbonyl (C=O) groups excluding carboxylic acids is 2. The number of aliphatic carboxylic acids is 1. The van der Waals surface area contributed by atoms with Crippen LogP contribution in [-0.4, -0.2) is 41.0 Å². The fourth-order valence-corrected chi connectivity index (χ4v) is 1.08. The van der Waals surface area contributed by atoms with Gasteiger partial charge in [0.25, 0.3) is 0 Å². The lowest BCUT2D eigenvalue weighted by Gasteiger charge is -2.20. The summed E-state index contributed by atoms with van der Waals surface area (Å²) in [5.41, 5.74) is 5.62. The monoisotopic (exact) mass is 259 g/mol. The van der Waals surface area contributed by atoms with Gasteiger partial charge < -0.3 is 21.5 Å². The first-order valence-corrected chi connectivity index (χ1v) is 5.76. The number of amides is 2. The van der Waals surface area contributed by atoms with Gasteiger partial charge in [0.1, 0.15) is 12.1 Å². The summed E-state index contributed by atoms with van der Waals surface area (Å²) in [5, 5.41) is 13.3. The Kier molecular flexibility index (Phi) is 6.32. The number of hydrogen-bond acceptors (Lipinski definition) is 4. The van der Waals surface area contributed by atoms with Gasteiger partial charge in [-0.1, -0.05) is 13.8 Å². The molecule has 7 nitrogen and oxygen atoms in total. The highest BCUT2D eigenvalue weighted by molar-refractivity contribution is 5.91. The summed E-state index contributed by atoms with van der Waals surface area (Å²) >= 11 is 0. The van der Waals surface area contributed by atoms with Crippen LogP contribution in [0.15, 0.2) is 0 Å². The van der Waals surface area contributed by atoms with Crippen LogP contribution in [0.1, 0.15) is 27.7 Å². The molecule has 0 aromatic heterocycles. The Morgan fingerprint density at radius 2 is 1.39 bits per heavy atom. The van der Waals surface area contributed by atoms with Crippen LogP contribution in [0.4, 0.5) is 0 Å². The molecular formula is C11H21N3O4. The fourth-order valence-electron chi connectivity index (χ4n) is 1.08. The first-order valence-electron chi connectivity index (χ1n) is 5.76. The average molecular weight is 259 g/mol. The van der Waals surface area contributed by atoms with Crippen molar-refractivity contribution in [3.63, 3.8) is 0 Å². The number of carboxylic acid groups (broad SMARTS) is 1. The zero-order chi connectivity index (χ0) is 14.5. The Morgan fingerprint density at radius 1 is 0.944 bits per heavy atom. The molecule has 0 aromatic carbocycles. The highest BCUT2D eigenvalue weighted by atomic mass is 16.4. The van der Waals surface area contributed by atoms with Crippen LogP contribution in [-0.2, 0) is 14.4 Å². The smallest absolute Gasteiger partial charge is 0.325 e. The topological polar surface area (TPSA) is 122 Å². The Hall–Kier alpha value is -1.63. The van der Waals surface area contributed by atoms with Gasteiger partial charge in [-0.05, 0) is 19.8 Å². The summed E-state index contributed by atoms with van der Waals surface area (Å²) in [6.07, 6.45) is 0. The maximum Gasteiger partial charge on any atom is 0.325 e. The largest absolute Gasteiger partial charge is 0.480 e. The first-order chi connectivity index (χ1) is 8.16. The molecule has 0 aliphatic heterocycles. The highest BCUT2D eigenvalue weighted by Gasteiger charge is 2.23. The lowest BCUT2D eigenvalue weighted by atomic mass is 10.0. The Bertz CT molecular complexity index is 330. The Labute approximate surface area is 106 Å². The van der Waals surface area contributed by atoms with E-state index in [0.717, 1.165) is 0 Å². The molecule has 0 spiro atoms. The van der Waals surface area contributed by atoms with E-state index in [-0.39, 0.29) is 5.92 Å². The van der Waals surface area contributed by atoms with Crippen molar-refractivity contribution in [1.29, 1.82) is 0 Å². The maximum atomic E-state index is 11.6. The number of hydrogen-bond donors (Lipinski definition) is 4. The molecule has 0 bridgehead atoms. The van der Waals surface area contributed by atoms with E-state index in [2.05, 4.69) is 10.6 Å². The van der Waals surface area contributed by atoms with E-state index in [4.69, 9.17) is 10.8 Å². The number of carbonyl (C=O) groups is 3. The summed E-state index contributed by atoms with van der Waals surface area (Å²) in [6, 6.07) is -2.53. The van der Waals surface area contributed by atoms with E-state index < -0.39 is 35.9 Å². The van der Waals surface area contributed by atoms with E-state index in [1.54, 1.807) is 13.8 Å². The van der Waals surface area contributed by atoms with Crippen molar-refractivity contribution in [1.82, 2.24) is 10.6 Å². The molecule has 2 amide bonds. The number of nitrogens with two attached hydrogens (primary N) is 1. The summed E-state index contributed by atoms with van der Waals surface area (Å²) in [5.74, 6) is -2.18. The van der Waals surface area contributed by atoms with Crippen LogP contribution in [0.3, 0.4) is 0 Å².